The average molecular weight is 1340 g/mol. The summed E-state index contributed by atoms with van der Waals surface area (Å²) in [5, 5.41) is 19.9. The van der Waals surface area contributed by atoms with Crippen LogP contribution in [0.15, 0.2) is 406 Å². The van der Waals surface area contributed by atoms with Crippen LogP contribution in [0.4, 0.5) is 0 Å². The molecule has 3 aromatic heterocycles. The fraction of sp³-hybridized carbons (Fsp3) is 0. The lowest BCUT2D eigenvalue weighted by molar-refractivity contribution is 0.955. The summed E-state index contributed by atoms with van der Waals surface area (Å²) in [5.74, 6) is 1.66. The van der Waals surface area contributed by atoms with E-state index in [4.69, 9.17) is 15.0 Å². The summed E-state index contributed by atoms with van der Waals surface area (Å²) in [6, 6.07) is 150. The van der Waals surface area contributed by atoms with Crippen molar-refractivity contribution in [2.45, 2.75) is 0 Å². The molecule has 0 aliphatic rings. The second-order valence-corrected chi connectivity index (χ2v) is 37.5. The van der Waals surface area contributed by atoms with E-state index in [1.807, 2.05) is 0 Å². The fourth-order valence-corrected chi connectivity index (χ4v) is 30.8. The van der Waals surface area contributed by atoms with Gasteiger partial charge in [-0.25, -0.2) is 4.98 Å². The molecule has 5 nitrogen and oxygen atoms in total. The van der Waals surface area contributed by atoms with Gasteiger partial charge in [-0.3, -0.25) is 4.57 Å². The molecule has 0 spiro atoms. The van der Waals surface area contributed by atoms with E-state index in [1.54, 1.807) is 0 Å². The summed E-state index contributed by atoms with van der Waals surface area (Å²) in [6.45, 7) is 0. The zero-order chi connectivity index (χ0) is 67.2. The molecule has 0 saturated heterocycles. The number of hydrogen-bond acceptors (Lipinski definition) is 3. The molecule has 0 fully saturated rings. The summed E-state index contributed by atoms with van der Waals surface area (Å²) >= 11 is 0. The molecule has 0 amide bonds. The van der Waals surface area contributed by atoms with Crippen molar-refractivity contribution >= 4 is 130 Å². The molecular formula is C93H67N5Si3. The van der Waals surface area contributed by atoms with Gasteiger partial charge in [0.15, 0.2) is 35.9 Å². The maximum atomic E-state index is 5.90. The van der Waals surface area contributed by atoms with Crippen molar-refractivity contribution in [3.8, 4) is 34.4 Å². The quantitative estimate of drug-likeness (QED) is 0.0715. The lowest BCUT2D eigenvalue weighted by Gasteiger charge is -2.34. The molecule has 0 unspecified atom stereocenters. The Bertz CT molecular complexity index is 5470. The van der Waals surface area contributed by atoms with E-state index in [0.717, 1.165) is 60.4 Å². The van der Waals surface area contributed by atoms with E-state index >= 15 is 0 Å². The highest BCUT2D eigenvalue weighted by molar-refractivity contribution is 7.21. The highest BCUT2D eigenvalue weighted by Crippen LogP contribution is 2.42. The van der Waals surface area contributed by atoms with Crippen molar-refractivity contribution in [1.82, 2.24) is 24.1 Å². The standard InChI is InChI=1S/C93H67N5Si3/c1-11-33-70(34-12-1)97-86-54-32-31-53-85(86)89-87(97)66-65-84-83-64-63-82(101(77-47-25-8-26-48-77,78-49-27-9-28-50-78)79-51-29-10-30-52-79)67-88(83)98(90(84)89)93-95-91(68-55-59-80(60-56-68)99(71-35-13-2-14-36-71,72-37-15-3-16-38-72)73-39-17-4-18-40-73)94-92(96-93)69-57-61-81(62-58-69)100(74-41-19-5-20-42-74,75-43-21-6-22-44-75)76-45-23-7-24-46-76/h1-67H. The molecule has 0 N–H and O–H groups in total. The Kier molecular flexibility index (Phi) is 15.5. The van der Waals surface area contributed by atoms with Crippen LogP contribution in [0, 0.1) is 0 Å². The Balaban J connectivity index is 0.940. The number of benzene rings is 15. The van der Waals surface area contributed by atoms with Crippen molar-refractivity contribution in [3.63, 3.8) is 0 Å². The van der Waals surface area contributed by atoms with Gasteiger partial charge in [0.2, 0.25) is 5.95 Å². The summed E-state index contributed by atoms with van der Waals surface area (Å²) < 4.78 is 4.81. The predicted octanol–water partition coefficient (Wildman–Crippen LogP) is 13.5. The van der Waals surface area contributed by atoms with Crippen LogP contribution in [0.25, 0.3) is 78.0 Å². The second kappa shape index (κ2) is 25.8. The van der Waals surface area contributed by atoms with Gasteiger partial charge in [0, 0.05) is 38.4 Å². The minimum absolute atomic E-state index is 0.522. The third kappa shape index (κ3) is 10.0. The van der Waals surface area contributed by atoms with E-state index < -0.39 is 24.2 Å². The van der Waals surface area contributed by atoms with Crippen LogP contribution in [0.1, 0.15) is 0 Å². The molecule has 0 aliphatic heterocycles. The molecule has 101 heavy (non-hydrogen) atoms. The van der Waals surface area contributed by atoms with Crippen LogP contribution >= 0.6 is 0 Å². The van der Waals surface area contributed by atoms with E-state index in [9.17, 15) is 0 Å². The van der Waals surface area contributed by atoms with Crippen LogP contribution < -0.4 is 62.2 Å². The van der Waals surface area contributed by atoms with Crippen LogP contribution in [0.5, 0.6) is 0 Å². The number of aromatic nitrogens is 5. The molecule has 18 aromatic rings. The molecule has 0 bridgehead atoms. The number of rotatable bonds is 16. The Labute approximate surface area is 591 Å². The Hall–Kier alpha value is -12.4. The molecule has 8 heteroatoms. The third-order valence-electron chi connectivity index (χ3n) is 20.8. The van der Waals surface area contributed by atoms with E-state index in [1.165, 1.54) is 62.2 Å². The minimum Gasteiger partial charge on any atom is -0.309 e. The van der Waals surface area contributed by atoms with Crippen molar-refractivity contribution in [1.29, 1.82) is 0 Å². The van der Waals surface area contributed by atoms with Gasteiger partial charge in [0.05, 0.1) is 22.1 Å². The second-order valence-electron chi connectivity index (χ2n) is 26.1. The predicted molar refractivity (Wildman–Crippen MR) is 430 cm³/mol. The maximum absolute atomic E-state index is 5.90. The Morgan fingerprint density at radius 2 is 0.495 bits per heavy atom. The molecule has 0 saturated carbocycles. The first kappa shape index (κ1) is 60.9. The highest BCUT2D eigenvalue weighted by Gasteiger charge is 2.44. The topological polar surface area (TPSA) is 48.5 Å². The lowest BCUT2D eigenvalue weighted by atomic mass is 10.1. The fourth-order valence-electron chi connectivity index (χ4n) is 16.5. The summed E-state index contributed by atoms with van der Waals surface area (Å²) in [6.07, 6.45) is 0. The Morgan fingerprint density at radius 3 is 0.861 bits per heavy atom. The van der Waals surface area contributed by atoms with Crippen LogP contribution in [-0.2, 0) is 0 Å². The van der Waals surface area contributed by atoms with Gasteiger partial charge in [0.25, 0.3) is 0 Å². The molecule has 0 aliphatic carbocycles. The number of nitrogens with zero attached hydrogens (tertiary/aromatic N) is 5. The van der Waals surface area contributed by atoms with Crippen LogP contribution in [0.3, 0.4) is 0 Å². The molecule has 0 radical (unpaired) electrons. The summed E-state index contributed by atoms with van der Waals surface area (Å²) in [4.78, 5) is 17.5. The monoisotopic (exact) mass is 1340 g/mol. The average Bonchev–Trinajstić information content (AvgIpc) is 1.61. The van der Waals surface area contributed by atoms with Crippen molar-refractivity contribution < 1.29 is 0 Å². The van der Waals surface area contributed by atoms with E-state index in [0.29, 0.717) is 17.6 Å². The normalized spacial score (nSPS) is 12.0. The third-order valence-corrected chi connectivity index (χ3v) is 35.2. The molecule has 18 rings (SSSR count). The van der Waals surface area contributed by atoms with Crippen LogP contribution in [0.2, 0.25) is 0 Å². The lowest BCUT2D eigenvalue weighted by Crippen LogP contribution is -2.74. The zero-order valence-corrected chi connectivity index (χ0v) is 58.4. The number of fused-ring (bicyclic) bond motifs is 7. The molecule has 15 aromatic carbocycles. The summed E-state index contributed by atoms with van der Waals surface area (Å²) in [5.41, 5.74) is 7.07. The Morgan fingerprint density at radius 1 is 0.198 bits per heavy atom. The van der Waals surface area contributed by atoms with Gasteiger partial charge in [-0.1, -0.05) is 376 Å². The van der Waals surface area contributed by atoms with Gasteiger partial charge in [-0.05, 0) is 92.6 Å². The maximum Gasteiger partial charge on any atom is 0.238 e. The largest absolute Gasteiger partial charge is 0.309 e. The van der Waals surface area contributed by atoms with E-state index in [-0.39, 0.29) is 0 Å². The molecule has 476 valence electrons. The molecule has 0 atom stereocenters. The smallest absolute Gasteiger partial charge is 0.238 e. The number of para-hydroxylation sites is 2. The van der Waals surface area contributed by atoms with Crippen molar-refractivity contribution in [2.24, 2.45) is 0 Å². The highest BCUT2D eigenvalue weighted by atomic mass is 28.3. The molecule has 3 heterocycles. The van der Waals surface area contributed by atoms with Gasteiger partial charge in [-0.2, -0.15) is 9.97 Å². The van der Waals surface area contributed by atoms with Gasteiger partial charge < -0.3 is 4.57 Å². The van der Waals surface area contributed by atoms with Gasteiger partial charge in [-0.15, -0.1) is 0 Å². The van der Waals surface area contributed by atoms with Crippen molar-refractivity contribution in [3.05, 3.63) is 406 Å². The first-order valence-electron chi connectivity index (χ1n) is 34.7. The first-order chi connectivity index (χ1) is 50.1. The van der Waals surface area contributed by atoms with E-state index in [2.05, 4.69) is 416 Å². The SMILES string of the molecule is c1ccc(-n2c3ccccc3c3c2ccc2c4ccc([Si](c5ccccc5)(c5ccccc5)c5ccccc5)cc4n(-c4nc(-c5ccc([Si](c6ccccc6)(c6ccccc6)c6ccccc6)cc5)nc(-c5ccc([Si](c6ccccc6)(c6ccccc6)c6ccccc6)cc5)n4)c23)cc1. The first-order valence-corrected chi connectivity index (χ1v) is 40.7. The van der Waals surface area contributed by atoms with Crippen LogP contribution in [-0.4, -0.2) is 48.3 Å². The van der Waals surface area contributed by atoms with Gasteiger partial charge in [0.1, 0.15) is 0 Å². The van der Waals surface area contributed by atoms with Gasteiger partial charge >= 0.3 is 0 Å². The number of hydrogen-bond donors (Lipinski definition) is 0. The zero-order valence-electron chi connectivity index (χ0n) is 55.4. The van der Waals surface area contributed by atoms with Crippen molar-refractivity contribution in [2.75, 3.05) is 0 Å². The molecular weight excluding hydrogens is 1270 g/mol. The summed E-state index contributed by atoms with van der Waals surface area (Å²) in [7, 11) is -8.94. The minimum atomic E-state index is -3.11.